The number of aliphatic hydroxyl groups is 2. The number of halogens is 1. The van der Waals surface area contributed by atoms with Crippen LogP contribution in [0.2, 0.25) is 5.02 Å². The molecule has 4 rings (SSSR count). The lowest BCUT2D eigenvalue weighted by atomic mass is 9.94. The van der Waals surface area contributed by atoms with Gasteiger partial charge in [-0.25, -0.2) is 5.10 Å². The monoisotopic (exact) mass is 400 g/mol. The van der Waals surface area contributed by atoms with E-state index < -0.39 is 12.3 Å². The van der Waals surface area contributed by atoms with E-state index in [-0.39, 0.29) is 5.76 Å². The number of benzene rings is 2. The van der Waals surface area contributed by atoms with Gasteiger partial charge in [0.1, 0.15) is 5.76 Å². The van der Waals surface area contributed by atoms with Gasteiger partial charge in [0, 0.05) is 10.6 Å². The lowest BCUT2D eigenvalue weighted by molar-refractivity contribution is 0.156. The van der Waals surface area contributed by atoms with Crippen molar-refractivity contribution < 1.29 is 10.2 Å². The zero-order valence-electron chi connectivity index (χ0n) is 14.4. The predicted molar refractivity (Wildman–Crippen MR) is 107 cm³/mol. The first-order valence-electron chi connectivity index (χ1n) is 8.27. The van der Waals surface area contributed by atoms with Gasteiger partial charge in [-0.3, -0.25) is 4.90 Å². The fourth-order valence-electron chi connectivity index (χ4n) is 3.27. The second-order valence-corrected chi connectivity index (χ2v) is 7.26. The fourth-order valence-corrected chi connectivity index (χ4v) is 3.71. The highest BCUT2D eigenvalue weighted by Crippen LogP contribution is 2.46. The summed E-state index contributed by atoms with van der Waals surface area (Å²) in [6.07, 6.45) is 0.623. The molecule has 0 amide bonds. The summed E-state index contributed by atoms with van der Waals surface area (Å²) in [4.78, 5) is 6.03. The van der Waals surface area contributed by atoms with Gasteiger partial charge in [-0.1, -0.05) is 65.8 Å². The highest BCUT2D eigenvalue weighted by Gasteiger charge is 2.43. The van der Waals surface area contributed by atoms with E-state index in [0.29, 0.717) is 21.7 Å². The standard InChI is InChI=1S/C19H17ClN4O2S/c1-27-19-21-18(22-23-19)24-15(12-7-9-13(20)10-8-12)14(16(25)17(24)26)11-5-3-2-4-6-11/h2-10,15,17,25-26H,1H3,(H,21,22,23). The summed E-state index contributed by atoms with van der Waals surface area (Å²) >= 11 is 7.44. The Balaban J connectivity index is 1.87. The topological polar surface area (TPSA) is 85.3 Å². The molecule has 2 aromatic carbocycles. The van der Waals surface area contributed by atoms with Gasteiger partial charge >= 0.3 is 0 Å². The van der Waals surface area contributed by atoms with Gasteiger partial charge in [0.2, 0.25) is 11.1 Å². The zero-order chi connectivity index (χ0) is 19.0. The number of aromatic amines is 1. The van der Waals surface area contributed by atoms with E-state index in [0.717, 1.165) is 11.1 Å². The third-order valence-corrected chi connectivity index (χ3v) is 5.29. The van der Waals surface area contributed by atoms with Crippen molar-refractivity contribution in [2.45, 2.75) is 17.4 Å². The lowest BCUT2D eigenvalue weighted by Gasteiger charge is -2.28. The highest BCUT2D eigenvalue weighted by molar-refractivity contribution is 7.98. The summed E-state index contributed by atoms with van der Waals surface area (Å²) < 4.78 is 0. The third-order valence-electron chi connectivity index (χ3n) is 4.49. The average Bonchev–Trinajstić information content (AvgIpc) is 3.26. The molecule has 0 saturated carbocycles. The lowest BCUT2D eigenvalue weighted by Crippen LogP contribution is -2.35. The maximum atomic E-state index is 10.8. The Kier molecular flexibility index (Phi) is 4.82. The largest absolute Gasteiger partial charge is 0.507 e. The van der Waals surface area contributed by atoms with Gasteiger partial charge in [-0.05, 0) is 29.5 Å². The molecule has 1 aliphatic heterocycles. The molecule has 27 heavy (non-hydrogen) atoms. The van der Waals surface area contributed by atoms with Crippen molar-refractivity contribution in [1.29, 1.82) is 0 Å². The number of nitrogens with zero attached hydrogens (tertiary/aromatic N) is 3. The molecule has 1 aliphatic rings. The number of H-pyrrole nitrogens is 1. The number of aliphatic hydroxyl groups excluding tert-OH is 2. The number of rotatable bonds is 4. The molecule has 2 heterocycles. The Hall–Kier alpha value is -2.48. The first kappa shape index (κ1) is 17.9. The van der Waals surface area contributed by atoms with Gasteiger partial charge in [0.05, 0.1) is 6.04 Å². The van der Waals surface area contributed by atoms with Crippen LogP contribution < -0.4 is 4.90 Å². The van der Waals surface area contributed by atoms with E-state index in [1.54, 1.807) is 17.0 Å². The molecule has 138 valence electrons. The number of aromatic nitrogens is 3. The molecule has 8 heteroatoms. The van der Waals surface area contributed by atoms with Crippen LogP contribution >= 0.6 is 23.4 Å². The van der Waals surface area contributed by atoms with Crippen LogP contribution in [0.5, 0.6) is 0 Å². The summed E-state index contributed by atoms with van der Waals surface area (Å²) in [6.45, 7) is 0. The van der Waals surface area contributed by atoms with E-state index in [4.69, 9.17) is 11.6 Å². The van der Waals surface area contributed by atoms with Gasteiger partial charge in [0.15, 0.2) is 6.23 Å². The van der Waals surface area contributed by atoms with Crippen molar-refractivity contribution in [3.8, 4) is 0 Å². The first-order valence-corrected chi connectivity index (χ1v) is 9.87. The summed E-state index contributed by atoms with van der Waals surface area (Å²) in [7, 11) is 0. The molecule has 3 N–H and O–H groups in total. The van der Waals surface area contributed by atoms with Crippen molar-refractivity contribution >= 4 is 34.9 Å². The maximum absolute atomic E-state index is 10.8. The maximum Gasteiger partial charge on any atom is 0.225 e. The molecule has 0 saturated heterocycles. The molecule has 1 aromatic heterocycles. The highest BCUT2D eigenvalue weighted by atomic mass is 35.5. The van der Waals surface area contributed by atoms with Crippen molar-refractivity contribution in [2.24, 2.45) is 0 Å². The van der Waals surface area contributed by atoms with Crippen LogP contribution in [-0.4, -0.2) is 37.9 Å². The number of nitrogens with one attached hydrogen (secondary N) is 1. The summed E-state index contributed by atoms with van der Waals surface area (Å²) in [5.41, 5.74) is 2.30. The van der Waals surface area contributed by atoms with Crippen LogP contribution in [0.15, 0.2) is 65.5 Å². The van der Waals surface area contributed by atoms with Crippen molar-refractivity contribution in [2.75, 3.05) is 11.2 Å². The van der Waals surface area contributed by atoms with Crippen LogP contribution in [0.3, 0.4) is 0 Å². The molecular formula is C19H17ClN4O2S. The van der Waals surface area contributed by atoms with E-state index in [9.17, 15) is 10.2 Å². The molecule has 6 nitrogen and oxygen atoms in total. The van der Waals surface area contributed by atoms with Crippen LogP contribution in [0.1, 0.15) is 17.2 Å². The SMILES string of the molecule is CSc1n[nH]c(N2C(O)C(O)=C(c3ccccc3)C2c2ccc(Cl)cc2)n1. The average molecular weight is 401 g/mol. The van der Waals surface area contributed by atoms with Gasteiger partial charge in [0.25, 0.3) is 0 Å². The number of hydrogen-bond donors (Lipinski definition) is 3. The molecule has 0 bridgehead atoms. The van der Waals surface area contributed by atoms with Crippen LogP contribution in [0, 0.1) is 0 Å². The molecule has 0 aliphatic carbocycles. The Labute approximate surface area is 165 Å². The number of thioether (sulfide) groups is 1. The molecule has 2 atom stereocenters. The Morgan fingerprint density at radius 2 is 1.81 bits per heavy atom. The molecule has 3 aromatic rings. The predicted octanol–water partition coefficient (Wildman–Crippen LogP) is 4.03. The van der Waals surface area contributed by atoms with Gasteiger partial charge in [-0.15, -0.1) is 5.10 Å². The smallest absolute Gasteiger partial charge is 0.225 e. The number of anilines is 1. The minimum atomic E-state index is -1.25. The molecule has 0 radical (unpaired) electrons. The Bertz CT molecular complexity index is 975. The van der Waals surface area contributed by atoms with Gasteiger partial charge < -0.3 is 10.2 Å². The van der Waals surface area contributed by atoms with E-state index in [1.807, 2.05) is 48.7 Å². The Morgan fingerprint density at radius 3 is 2.44 bits per heavy atom. The number of hydrogen-bond acceptors (Lipinski definition) is 6. The Morgan fingerprint density at radius 1 is 1.11 bits per heavy atom. The summed E-state index contributed by atoms with van der Waals surface area (Å²) in [6, 6.07) is 16.4. The van der Waals surface area contributed by atoms with Crippen LogP contribution in [-0.2, 0) is 0 Å². The summed E-state index contributed by atoms with van der Waals surface area (Å²) in [5, 5.41) is 29.7. The van der Waals surface area contributed by atoms with Crippen molar-refractivity contribution in [1.82, 2.24) is 15.2 Å². The second kappa shape index (κ2) is 7.26. The van der Waals surface area contributed by atoms with Crippen LogP contribution in [0.25, 0.3) is 5.57 Å². The minimum absolute atomic E-state index is 0.108. The zero-order valence-corrected chi connectivity index (χ0v) is 15.9. The third kappa shape index (κ3) is 3.18. The van der Waals surface area contributed by atoms with Crippen molar-refractivity contribution in [3.63, 3.8) is 0 Å². The minimum Gasteiger partial charge on any atom is -0.507 e. The fraction of sp³-hybridized carbons (Fsp3) is 0.158. The van der Waals surface area contributed by atoms with E-state index in [1.165, 1.54) is 11.8 Å². The van der Waals surface area contributed by atoms with E-state index in [2.05, 4.69) is 15.2 Å². The molecule has 0 spiro atoms. The quantitative estimate of drug-likeness (QED) is 0.573. The normalized spacial score (nSPS) is 19.7. The van der Waals surface area contributed by atoms with E-state index >= 15 is 0 Å². The molecule has 2 unspecified atom stereocenters. The first-order chi connectivity index (χ1) is 13.1. The molecule has 0 fully saturated rings. The van der Waals surface area contributed by atoms with Gasteiger partial charge in [-0.2, -0.15) is 4.98 Å². The molecular weight excluding hydrogens is 384 g/mol. The van der Waals surface area contributed by atoms with Crippen molar-refractivity contribution in [3.05, 3.63) is 76.5 Å². The summed E-state index contributed by atoms with van der Waals surface area (Å²) in [5.74, 6) is 0.271. The van der Waals surface area contributed by atoms with Crippen LogP contribution in [0.4, 0.5) is 5.95 Å². The second-order valence-electron chi connectivity index (χ2n) is 6.05.